The molecule has 0 bridgehead atoms. The number of sulfonamides is 1. The van der Waals surface area contributed by atoms with Crippen molar-refractivity contribution in [3.63, 3.8) is 0 Å². The number of hydrogen-bond acceptors (Lipinski definition) is 8. The predicted molar refractivity (Wildman–Crippen MR) is 191 cm³/mol. The van der Waals surface area contributed by atoms with Gasteiger partial charge in [-0.3, -0.25) is 0 Å². The van der Waals surface area contributed by atoms with Gasteiger partial charge in [0.05, 0.1) is 16.2 Å². The molecule has 0 aliphatic heterocycles. The van der Waals surface area contributed by atoms with Gasteiger partial charge in [0.25, 0.3) is 10.0 Å². The van der Waals surface area contributed by atoms with E-state index in [4.69, 9.17) is 4.74 Å². The van der Waals surface area contributed by atoms with Gasteiger partial charge in [0.2, 0.25) is 5.95 Å². The number of nitrogens with zero attached hydrogens (tertiary/aromatic N) is 2. The summed E-state index contributed by atoms with van der Waals surface area (Å²) in [5, 5.41) is 16.3. The Morgan fingerprint density at radius 3 is 2.20 bits per heavy atom. The first-order chi connectivity index (χ1) is 23.0. The second kappa shape index (κ2) is 16.1. The summed E-state index contributed by atoms with van der Waals surface area (Å²) in [7, 11) is -4.18. The van der Waals surface area contributed by atoms with Gasteiger partial charge < -0.3 is 20.5 Å². The van der Waals surface area contributed by atoms with Crippen LogP contribution < -0.4 is 15.4 Å². The number of carbonyl (C=O) groups is 2. The summed E-state index contributed by atoms with van der Waals surface area (Å²) in [4.78, 5) is 32.9. The Morgan fingerprint density at radius 1 is 0.959 bits per heavy atom. The van der Waals surface area contributed by atoms with Crippen LogP contribution >= 0.6 is 0 Å². The molecule has 49 heavy (non-hydrogen) atoms. The van der Waals surface area contributed by atoms with E-state index in [1.807, 2.05) is 58.9 Å². The fraction of sp³-hybridized carbons (Fsp3) is 0.514. The predicted octanol–water partition coefficient (Wildman–Crippen LogP) is 7.03. The number of ether oxygens (including phenoxy) is 1. The van der Waals surface area contributed by atoms with E-state index < -0.39 is 21.6 Å². The van der Waals surface area contributed by atoms with E-state index in [0.29, 0.717) is 29.8 Å². The summed E-state index contributed by atoms with van der Waals surface area (Å²) in [6.07, 6.45) is 5.58. The third kappa shape index (κ3) is 11.3. The topological polar surface area (TPSA) is 160 Å². The molecule has 1 heterocycles. The van der Waals surface area contributed by atoms with Crippen molar-refractivity contribution in [3.05, 3.63) is 70.9 Å². The highest BCUT2D eigenvalue weighted by Gasteiger charge is 2.27. The molecule has 2 aromatic carbocycles. The highest BCUT2D eigenvalue weighted by Crippen LogP contribution is 2.29. The molecule has 1 atom stereocenters. The van der Waals surface area contributed by atoms with Crippen molar-refractivity contribution in [2.24, 2.45) is 5.92 Å². The number of carboxylic acid groups (broad SMARTS) is 1. The van der Waals surface area contributed by atoms with Gasteiger partial charge in [-0.2, -0.15) is 0 Å². The van der Waals surface area contributed by atoms with E-state index in [1.54, 1.807) is 0 Å². The Balaban J connectivity index is 1.52. The van der Waals surface area contributed by atoms with E-state index >= 15 is 0 Å². The normalized spacial score (nSPS) is 17.4. The number of nitrogens with one attached hydrogen (secondary N) is 3. The number of carboxylic acids is 1. The Kier molecular flexibility index (Phi) is 12.4. The number of amides is 1. The summed E-state index contributed by atoms with van der Waals surface area (Å²) in [6, 6.07) is 13.7. The van der Waals surface area contributed by atoms with Crippen molar-refractivity contribution in [1.29, 1.82) is 0 Å². The Morgan fingerprint density at radius 2 is 1.59 bits per heavy atom. The lowest BCUT2D eigenvalue weighted by molar-refractivity contribution is 0.0488. The van der Waals surface area contributed by atoms with Crippen molar-refractivity contribution in [2.75, 3.05) is 4.72 Å². The van der Waals surface area contributed by atoms with Crippen LogP contribution in [0.3, 0.4) is 0 Å². The van der Waals surface area contributed by atoms with E-state index in [-0.39, 0.29) is 34.6 Å². The van der Waals surface area contributed by atoms with Crippen LogP contribution in [0.25, 0.3) is 11.3 Å². The van der Waals surface area contributed by atoms with E-state index in [0.717, 1.165) is 61.3 Å². The van der Waals surface area contributed by atoms with Crippen LogP contribution in [0, 0.1) is 19.8 Å². The standard InChI is InChI=1S/C37H51N5O6S/c1-23(2)20-29(38-27-14-16-28(17-15-27)40-36(45)48-37(5,6)7)18-19-30-22-32(33-24(3)10-8-11-25(33)4)41-35(39-30)42-49(46,47)31-13-9-12-26(21-31)34(43)44/h8-13,21-23,27-29,38H,14-20H2,1-7H3,(H,40,45)(H,43,44)(H,39,41,42)/t27?,28?,29-/m0/s1. The minimum Gasteiger partial charge on any atom is -0.478 e. The minimum atomic E-state index is -4.18. The summed E-state index contributed by atoms with van der Waals surface area (Å²) < 4.78 is 34.7. The summed E-state index contributed by atoms with van der Waals surface area (Å²) in [6.45, 7) is 14.0. The molecular weight excluding hydrogens is 643 g/mol. The molecule has 0 radical (unpaired) electrons. The lowest BCUT2D eigenvalue weighted by Gasteiger charge is -2.33. The number of aryl methyl sites for hydroxylation is 3. The zero-order chi connectivity index (χ0) is 35.9. The van der Waals surface area contributed by atoms with Crippen molar-refractivity contribution in [2.45, 2.75) is 122 Å². The number of anilines is 1. The fourth-order valence-electron chi connectivity index (χ4n) is 6.37. The summed E-state index contributed by atoms with van der Waals surface area (Å²) >= 11 is 0. The van der Waals surface area contributed by atoms with Crippen LogP contribution in [0.1, 0.15) is 100 Å². The fourth-order valence-corrected chi connectivity index (χ4v) is 7.35. The first kappa shape index (κ1) is 37.8. The SMILES string of the molecule is Cc1cccc(C)c1-c1cc(CC[C@@H](CC(C)C)NC2CCC(NC(=O)OC(C)(C)C)CC2)nc(NS(=O)(=O)c2cccc(C(=O)O)c2)n1. The Hall–Kier alpha value is -4.03. The third-order valence-electron chi connectivity index (χ3n) is 8.56. The highest BCUT2D eigenvalue weighted by atomic mass is 32.2. The first-order valence-electron chi connectivity index (χ1n) is 17.1. The largest absolute Gasteiger partial charge is 0.478 e. The molecule has 1 amide bonds. The molecule has 1 fully saturated rings. The molecule has 4 N–H and O–H groups in total. The van der Waals surface area contributed by atoms with Crippen molar-refractivity contribution in [1.82, 2.24) is 20.6 Å². The molecule has 0 spiro atoms. The zero-order valence-electron chi connectivity index (χ0n) is 29.7. The average molecular weight is 694 g/mol. The van der Waals surface area contributed by atoms with Crippen molar-refractivity contribution < 1.29 is 27.9 Å². The molecule has 4 rings (SSSR count). The number of hydrogen-bond donors (Lipinski definition) is 4. The van der Waals surface area contributed by atoms with Crippen LogP contribution in [0.5, 0.6) is 0 Å². The highest BCUT2D eigenvalue weighted by molar-refractivity contribution is 7.92. The smallest absolute Gasteiger partial charge is 0.407 e. The number of alkyl carbamates (subject to hydrolysis) is 1. The van der Waals surface area contributed by atoms with Crippen LogP contribution in [-0.4, -0.2) is 59.3 Å². The van der Waals surface area contributed by atoms with E-state index in [1.165, 1.54) is 18.2 Å². The minimum absolute atomic E-state index is 0.0694. The zero-order valence-corrected chi connectivity index (χ0v) is 30.5. The van der Waals surface area contributed by atoms with E-state index in [2.05, 4.69) is 39.2 Å². The molecule has 3 aromatic rings. The molecule has 11 nitrogen and oxygen atoms in total. The quantitative estimate of drug-likeness (QED) is 0.147. The molecule has 0 unspecified atom stereocenters. The third-order valence-corrected chi connectivity index (χ3v) is 9.88. The Labute approximate surface area is 290 Å². The van der Waals surface area contributed by atoms with Crippen LogP contribution in [0.15, 0.2) is 53.4 Å². The lowest BCUT2D eigenvalue weighted by atomic mass is 9.89. The van der Waals surface area contributed by atoms with Gasteiger partial charge in [-0.15, -0.1) is 0 Å². The average Bonchev–Trinajstić information content (AvgIpc) is 2.99. The monoisotopic (exact) mass is 693 g/mol. The lowest BCUT2D eigenvalue weighted by Crippen LogP contribution is -2.46. The van der Waals surface area contributed by atoms with Gasteiger partial charge >= 0.3 is 12.1 Å². The number of benzene rings is 2. The van der Waals surface area contributed by atoms with Crippen molar-refractivity contribution in [3.8, 4) is 11.3 Å². The number of carbonyl (C=O) groups excluding carboxylic acids is 1. The molecule has 1 aliphatic rings. The van der Waals surface area contributed by atoms with Gasteiger partial charge in [-0.05, 0) is 121 Å². The molecular formula is C37H51N5O6S. The van der Waals surface area contributed by atoms with Gasteiger partial charge in [0, 0.05) is 29.4 Å². The second-order valence-corrected chi connectivity index (χ2v) is 16.2. The molecule has 1 saturated carbocycles. The number of aromatic carboxylic acids is 1. The van der Waals surface area contributed by atoms with Crippen LogP contribution in [0.4, 0.5) is 10.7 Å². The van der Waals surface area contributed by atoms with Gasteiger partial charge in [0.1, 0.15) is 5.60 Å². The van der Waals surface area contributed by atoms with Gasteiger partial charge in [-0.25, -0.2) is 32.7 Å². The van der Waals surface area contributed by atoms with Crippen molar-refractivity contribution >= 4 is 28.0 Å². The summed E-state index contributed by atoms with van der Waals surface area (Å²) in [5.74, 6) is -0.829. The van der Waals surface area contributed by atoms with Crippen LogP contribution in [-0.2, 0) is 21.2 Å². The maximum absolute atomic E-state index is 13.4. The molecule has 1 aromatic heterocycles. The first-order valence-corrected chi connectivity index (χ1v) is 18.5. The molecule has 1 aliphatic carbocycles. The van der Waals surface area contributed by atoms with Gasteiger partial charge in [-0.1, -0.05) is 38.1 Å². The molecule has 0 saturated heterocycles. The van der Waals surface area contributed by atoms with Crippen LogP contribution in [0.2, 0.25) is 0 Å². The molecule has 12 heteroatoms. The number of aromatic nitrogens is 2. The maximum atomic E-state index is 13.4. The molecule has 266 valence electrons. The van der Waals surface area contributed by atoms with Gasteiger partial charge in [0.15, 0.2) is 0 Å². The Bertz CT molecular complexity index is 1710. The number of rotatable bonds is 13. The second-order valence-electron chi connectivity index (χ2n) is 14.5. The summed E-state index contributed by atoms with van der Waals surface area (Å²) in [5.41, 5.74) is 3.56. The maximum Gasteiger partial charge on any atom is 0.407 e. The van der Waals surface area contributed by atoms with E-state index in [9.17, 15) is 23.1 Å².